The first-order chi connectivity index (χ1) is 11.3. The third-order valence-corrected chi connectivity index (χ3v) is 4.31. The molecule has 0 aliphatic heterocycles. The van der Waals surface area contributed by atoms with E-state index in [0.29, 0.717) is 17.0 Å². The predicted molar refractivity (Wildman–Crippen MR) is 90.7 cm³/mol. The first-order valence-electron chi connectivity index (χ1n) is 7.05. The Morgan fingerprint density at radius 2 is 2.04 bits per heavy atom. The summed E-state index contributed by atoms with van der Waals surface area (Å²) in [6, 6.07) is 4.65. The van der Waals surface area contributed by atoms with Crippen molar-refractivity contribution in [3.8, 4) is 5.88 Å². The van der Waals surface area contributed by atoms with Crippen molar-refractivity contribution in [2.24, 2.45) is 0 Å². The smallest absolute Gasteiger partial charge is 0.310 e. The number of aromatic hydroxyl groups is 1. The number of aliphatic carboxylic acids is 1. The Hall–Kier alpha value is -2.25. The van der Waals surface area contributed by atoms with Crippen molar-refractivity contribution in [2.75, 3.05) is 5.73 Å². The summed E-state index contributed by atoms with van der Waals surface area (Å²) in [6.07, 6.45) is 0.759. The Morgan fingerprint density at radius 1 is 1.33 bits per heavy atom. The van der Waals surface area contributed by atoms with Crippen molar-refractivity contribution in [2.45, 2.75) is 25.2 Å². The number of carboxylic acid groups (broad SMARTS) is 1. The molecule has 1 aromatic carbocycles. The molecule has 7 nitrogen and oxygen atoms in total. The number of nitrogens with two attached hydrogens (primary N) is 1. The molecular formula is C15H15Cl2N3O4. The van der Waals surface area contributed by atoms with Crippen LogP contribution in [0.25, 0.3) is 0 Å². The molecule has 1 atom stereocenters. The quantitative estimate of drug-likeness (QED) is 0.617. The van der Waals surface area contributed by atoms with Gasteiger partial charge in [-0.25, -0.2) is 0 Å². The molecule has 2 aromatic rings. The van der Waals surface area contributed by atoms with Crippen LogP contribution in [0.15, 0.2) is 23.0 Å². The number of anilines is 1. The maximum absolute atomic E-state index is 11.7. The molecule has 0 aliphatic rings. The molecule has 0 fully saturated rings. The summed E-state index contributed by atoms with van der Waals surface area (Å²) in [6.45, 7) is 0. The Kier molecular flexibility index (Phi) is 5.69. The van der Waals surface area contributed by atoms with Gasteiger partial charge in [-0.15, -0.1) is 0 Å². The average Bonchev–Trinajstić information content (AvgIpc) is 2.48. The van der Waals surface area contributed by atoms with Gasteiger partial charge in [-0.1, -0.05) is 29.3 Å². The Balaban J connectivity index is 2.12. The summed E-state index contributed by atoms with van der Waals surface area (Å²) < 4.78 is 0. The number of aromatic amines is 1. The van der Waals surface area contributed by atoms with E-state index in [4.69, 9.17) is 28.9 Å². The second-order valence-electron chi connectivity index (χ2n) is 5.21. The Morgan fingerprint density at radius 3 is 2.62 bits per heavy atom. The molecule has 128 valence electrons. The molecule has 0 spiro atoms. The number of carbonyl (C=O) groups is 1. The molecule has 1 aromatic heterocycles. The van der Waals surface area contributed by atoms with Crippen molar-refractivity contribution in [1.29, 1.82) is 0 Å². The van der Waals surface area contributed by atoms with Gasteiger partial charge in [0.1, 0.15) is 0 Å². The van der Waals surface area contributed by atoms with Gasteiger partial charge in [-0.3, -0.25) is 14.6 Å². The number of aromatic nitrogens is 2. The summed E-state index contributed by atoms with van der Waals surface area (Å²) in [5.41, 5.74) is 5.37. The average molecular weight is 372 g/mol. The van der Waals surface area contributed by atoms with Crippen LogP contribution >= 0.6 is 23.2 Å². The number of nitrogens with one attached hydrogen (secondary N) is 1. The van der Waals surface area contributed by atoms with Gasteiger partial charge >= 0.3 is 5.97 Å². The second-order valence-corrected chi connectivity index (χ2v) is 6.02. The molecule has 0 radical (unpaired) electrons. The third kappa shape index (κ3) is 4.18. The first-order valence-corrected chi connectivity index (χ1v) is 7.80. The van der Waals surface area contributed by atoms with Gasteiger partial charge in [0.2, 0.25) is 11.8 Å². The van der Waals surface area contributed by atoms with E-state index in [-0.39, 0.29) is 29.4 Å². The van der Waals surface area contributed by atoms with Gasteiger partial charge in [0.05, 0.1) is 21.5 Å². The van der Waals surface area contributed by atoms with Gasteiger partial charge in [-0.2, -0.15) is 4.98 Å². The standard InChI is InChI=1S/C15H15Cl2N3O4/c16-10-5-4-7(6-11(10)17)8(14(23)24)2-1-3-9-12(21)19-15(18)20-13(9)22/h4-6,8H,1-3H2,(H,23,24)(H4,18,19,20,21,22)/t8-/m0/s1. The molecule has 5 N–H and O–H groups in total. The SMILES string of the molecule is Nc1nc(O)c(CCC[C@H](C(=O)O)c2ccc(Cl)c(Cl)c2)c(=O)[nH]1. The van der Waals surface area contributed by atoms with E-state index in [2.05, 4.69) is 9.97 Å². The van der Waals surface area contributed by atoms with E-state index in [0.717, 1.165) is 0 Å². The Bertz CT molecular complexity index is 823. The van der Waals surface area contributed by atoms with Crippen LogP contribution in [0.3, 0.4) is 0 Å². The summed E-state index contributed by atoms with van der Waals surface area (Å²) in [4.78, 5) is 29.1. The summed E-state index contributed by atoms with van der Waals surface area (Å²) >= 11 is 11.8. The van der Waals surface area contributed by atoms with Gasteiger partial charge in [-0.05, 0) is 37.0 Å². The fraction of sp³-hybridized carbons (Fsp3) is 0.267. The number of nitrogens with zero attached hydrogens (tertiary/aromatic N) is 1. The highest BCUT2D eigenvalue weighted by atomic mass is 35.5. The van der Waals surface area contributed by atoms with Crippen LogP contribution in [-0.4, -0.2) is 26.2 Å². The van der Waals surface area contributed by atoms with Crippen LogP contribution in [0.1, 0.15) is 29.9 Å². The minimum Gasteiger partial charge on any atom is -0.493 e. The maximum Gasteiger partial charge on any atom is 0.310 e. The number of hydrogen-bond acceptors (Lipinski definition) is 5. The van der Waals surface area contributed by atoms with Crippen molar-refractivity contribution in [1.82, 2.24) is 9.97 Å². The maximum atomic E-state index is 11.7. The lowest BCUT2D eigenvalue weighted by atomic mass is 9.93. The van der Waals surface area contributed by atoms with Crippen molar-refractivity contribution in [3.63, 3.8) is 0 Å². The Labute approximate surface area is 147 Å². The highest BCUT2D eigenvalue weighted by molar-refractivity contribution is 6.42. The molecule has 24 heavy (non-hydrogen) atoms. The van der Waals surface area contributed by atoms with Crippen molar-refractivity contribution in [3.05, 3.63) is 49.7 Å². The van der Waals surface area contributed by atoms with Crippen molar-refractivity contribution >= 4 is 35.1 Å². The number of H-pyrrole nitrogens is 1. The van der Waals surface area contributed by atoms with E-state index < -0.39 is 23.3 Å². The third-order valence-electron chi connectivity index (χ3n) is 3.58. The second kappa shape index (κ2) is 7.55. The number of hydrogen-bond donors (Lipinski definition) is 4. The zero-order valence-corrected chi connectivity index (χ0v) is 13.9. The monoisotopic (exact) mass is 371 g/mol. The molecule has 0 aliphatic carbocycles. The molecule has 0 saturated heterocycles. The van der Waals surface area contributed by atoms with Gasteiger partial charge in [0, 0.05) is 0 Å². The molecule has 1 heterocycles. The highest BCUT2D eigenvalue weighted by Gasteiger charge is 2.21. The number of carboxylic acids is 1. The molecule has 2 rings (SSSR count). The van der Waals surface area contributed by atoms with Crippen LogP contribution in [0, 0.1) is 0 Å². The summed E-state index contributed by atoms with van der Waals surface area (Å²) in [7, 11) is 0. The van der Waals surface area contributed by atoms with E-state index in [1.165, 1.54) is 12.1 Å². The topological polar surface area (TPSA) is 129 Å². The lowest BCUT2D eigenvalue weighted by molar-refractivity contribution is -0.139. The highest BCUT2D eigenvalue weighted by Crippen LogP contribution is 2.29. The van der Waals surface area contributed by atoms with Crippen molar-refractivity contribution < 1.29 is 15.0 Å². The predicted octanol–water partition coefficient (Wildman–Crippen LogP) is 2.56. The lowest BCUT2D eigenvalue weighted by Crippen LogP contribution is -2.17. The lowest BCUT2D eigenvalue weighted by Gasteiger charge is -2.13. The van der Waals surface area contributed by atoms with Crippen LogP contribution in [0.4, 0.5) is 5.95 Å². The van der Waals surface area contributed by atoms with E-state index in [1.54, 1.807) is 6.07 Å². The number of benzene rings is 1. The molecule has 0 saturated carbocycles. The van der Waals surface area contributed by atoms with E-state index in [1.807, 2.05) is 0 Å². The fourth-order valence-electron chi connectivity index (χ4n) is 2.37. The molecule has 0 unspecified atom stereocenters. The van der Waals surface area contributed by atoms with Crippen LogP contribution < -0.4 is 11.3 Å². The first kappa shape index (κ1) is 18.1. The largest absolute Gasteiger partial charge is 0.493 e. The summed E-state index contributed by atoms with van der Waals surface area (Å²) in [5.74, 6) is -2.44. The minimum absolute atomic E-state index is 0.0717. The van der Waals surface area contributed by atoms with Crippen LogP contribution in [0.2, 0.25) is 10.0 Å². The molecule has 0 amide bonds. The molecule has 0 bridgehead atoms. The summed E-state index contributed by atoms with van der Waals surface area (Å²) in [5, 5.41) is 19.7. The number of nitrogen functional groups attached to an aromatic ring is 1. The van der Waals surface area contributed by atoms with Gasteiger partial charge in [0.25, 0.3) is 5.56 Å². The van der Waals surface area contributed by atoms with Crippen LogP contribution in [0.5, 0.6) is 5.88 Å². The molecule has 9 heteroatoms. The van der Waals surface area contributed by atoms with Gasteiger partial charge in [0.15, 0.2) is 0 Å². The number of rotatable bonds is 6. The van der Waals surface area contributed by atoms with E-state index in [9.17, 15) is 19.8 Å². The van der Waals surface area contributed by atoms with Crippen LogP contribution in [-0.2, 0) is 11.2 Å². The normalized spacial score (nSPS) is 12.1. The zero-order chi connectivity index (χ0) is 17.9. The van der Waals surface area contributed by atoms with Gasteiger partial charge < -0.3 is 15.9 Å². The molecular weight excluding hydrogens is 357 g/mol. The van der Waals surface area contributed by atoms with E-state index >= 15 is 0 Å². The number of halogens is 2. The zero-order valence-electron chi connectivity index (χ0n) is 12.4. The fourth-order valence-corrected chi connectivity index (χ4v) is 2.68. The minimum atomic E-state index is -1.01.